The van der Waals surface area contributed by atoms with Crippen molar-refractivity contribution in [2.24, 2.45) is 5.10 Å². The molecule has 7 heteroatoms. The largest absolute Gasteiger partial charge is 0.493 e. The summed E-state index contributed by atoms with van der Waals surface area (Å²) in [4.78, 5) is 0. The summed E-state index contributed by atoms with van der Waals surface area (Å²) >= 11 is 0. The molecule has 200 valence electrons. The third-order valence-electron chi connectivity index (χ3n) is 6.74. The topological polar surface area (TPSA) is 61.8 Å². The fourth-order valence-corrected chi connectivity index (χ4v) is 4.76. The SMILES string of the molecule is COc1cc(C2CC(c3cc(OC)c(OC)c(OC)c3)=NN2c2ccccc2)ccc1OCc1ccccc1. The first-order valence-corrected chi connectivity index (χ1v) is 12.7. The Morgan fingerprint density at radius 1 is 0.692 bits per heavy atom. The second-order valence-corrected chi connectivity index (χ2v) is 9.05. The molecule has 1 aliphatic rings. The van der Waals surface area contributed by atoms with E-state index in [-0.39, 0.29) is 6.04 Å². The average Bonchev–Trinajstić information content (AvgIpc) is 3.45. The molecule has 4 aromatic rings. The molecule has 0 N–H and O–H groups in total. The summed E-state index contributed by atoms with van der Waals surface area (Å²) in [5.41, 5.74) is 4.97. The van der Waals surface area contributed by atoms with Gasteiger partial charge in [-0.25, -0.2) is 0 Å². The number of benzene rings is 4. The Morgan fingerprint density at radius 2 is 1.33 bits per heavy atom. The van der Waals surface area contributed by atoms with Gasteiger partial charge in [-0.3, -0.25) is 5.01 Å². The van der Waals surface area contributed by atoms with Gasteiger partial charge in [0.1, 0.15) is 6.61 Å². The maximum atomic E-state index is 6.10. The summed E-state index contributed by atoms with van der Waals surface area (Å²) in [5, 5.41) is 7.13. The van der Waals surface area contributed by atoms with Crippen molar-refractivity contribution >= 4 is 11.4 Å². The summed E-state index contributed by atoms with van der Waals surface area (Å²) in [5.74, 6) is 3.10. The molecule has 0 bridgehead atoms. The van der Waals surface area contributed by atoms with Gasteiger partial charge >= 0.3 is 0 Å². The van der Waals surface area contributed by atoms with Gasteiger partial charge in [-0.15, -0.1) is 0 Å². The molecule has 1 unspecified atom stereocenters. The number of hydrogen-bond acceptors (Lipinski definition) is 7. The standard InChI is InChI=1S/C32H32N2O5/c1-35-29-17-23(15-16-28(29)39-21-22-11-7-5-8-12-22)27-20-26(33-34(27)25-13-9-6-10-14-25)24-18-30(36-2)32(38-4)31(19-24)37-3/h5-19,27H,20-21H2,1-4H3. The van der Waals surface area contributed by atoms with Gasteiger partial charge in [0.25, 0.3) is 0 Å². The number of hydrazone groups is 1. The van der Waals surface area contributed by atoms with Crippen LogP contribution < -0.4 is 28.7 Å². The number of rotatable bonds is 10. The minimum atomic E-state index is -0.0569. The number of hydrogen-bond donors (Lipinski definition) is 0. The molecule has 1 atom stereocenters. The van der Waals surface area contributed by atoms with Gasteiger partial charge < -0.3 is 23.7 Å². The van der Waals surface area contributed by atoms with Crippen LogP contribution >= 0.6 is 0 Å². The van der Waals surface area contributed by atoms with Crippen LogP contribution in [0.5, 0.6) is 28.7 Å². The predicted octanol–water partition coefficient (Wildman–Crippen LogP) is 6.66. The number of para-hydroxylation sites is 1. The lowest BCUT2D eigenvalue weighted by atomic mass is 9.97. The van der Waals surface area contributed by atoms with Crippen LogP contribution in [0.3, 0.4) is 0 Å². The maximum Gasteiger partial charge on any atom is 0.203 e. The van der Waals surface area contributed by atoms with Crippen molar-refractivity contribution in [3.05, 3.63) is 108 Å². The summed E-state index contributed by atoms with van der Waals surface area (Å²) < 4.78 is 28.6. The first-order valence-electron chi connectivity index (χ1n) is 12.7. The highest BCUT2D eigenvalue weighted by Crippen LogP contribution is 2.43. The van der Waals surface area contributed by atoms with Crippen molar-refractivity contribution in [2.45, 2.75) is 19.1 Å². The van der Waals surface area contributed by atoms with Crippen molar-refractivity contribution in [1.82, 2.24) is 0 Å². The van der Waals surface area contributed by atoms with E-state index >= 15 is 0 Å². The van der Waals surface area contributed by atoms with Crippen molar-refractivity contribution in [2.75, 3.05) is 33.4 Å². The van der Waals surface area contributed by atoms with Crippen molar-refractivity contribution in [1.29, 1.82) is 0 Å². The molecular formula is C32H32N2O5. The zero-order chi connectivity index (χ0) is 27.2. The van der Waals surface area contributed by atoms with Gasteiger partial charge in [0, 0.05) is 12.0 Å². The van der Waals surface area contributed by atoms with E-state index in [1.54, 1.807) is 28.4 Å². The summed E-state index contributed by atoms with van der Waals surface area (Å²) in [7, 11) is 6.49. The smallest absolute Gasteiger partial charge is 0.203 e. The minimum absolute atomic E-state index is 0.0569. The molecule has 0 saturated carbocycles. The highest BCUT2D eigenvalue weighted by molar-refractivity contribution is 6.04. The van der Waals surface area contributed by atoms with Gasteiger partial charge in [-0.1, -0.05) is 54.6 Å². The van der Waals surface area contributed by atoms with Crippen molar-refractivity contribution in [3.8, 4) is 28.7 Å². The zero-order valence-corrected chi connectivity index (χ0v) is 22.6. The minimum Gasteiger partial charge on any atom is -0.493 e. The molecule has 7 nitrogen and oxygen atoms in total. The third kappa shape index (κ3) is 5.48. The predicted molar refractivity (Wildman–Crippen MR) is 153 cm³/mol. The van der Waals surface area contributed by atoms with Gasteiger partial charge in [0.05, 0.1) is 45.9 Å². The monoisotopic (exact) mass is 524 g/mol. The quantitative estimate of drug-likeness (QED) is 0.231. The van der Waals surface area contributed by atoms with Gasteiger partial charge in [0.2, 0.25) is 5.75 Å². The fraction of sp³-hybridized carbons (Fsp3) is 0.219. The molecule has 0 amide bonds. The molecule has 0 fully saturated rings. The normalized spacial score (nSPS) is 14.5. The number of nitrogens with zero attached hydrogens (tertiary/aromatic N) is 2. The van der Waals surface area contributed by atoms with Crippen LogP contribution in [0.2, 0.25) is 0 Å². The Kier molecular flexibility index (Phi) is 7.87. The van der Waals surface area contributed by atoms with Crippen LogP contribution in [0.1, 0.15) is 29.2 Å². The van der Waals surface area contributed by atoms with E-state index in [0.29, 0.717) is 41.8 Å². The van der Waals surface area contributed by atoms with Crippen LogP contribution in [0.15, 0.2) is 96.1 Å². The fourth-order valence-electron chi connectivity index (χ4n) is 4.76. The molecule has 0 radical (unpaired) electrons. The molecule has 1 aliphatic heterocycles. The second kappa shape index (κ2) is 11.8. The highest BCUT2D eigenvalue weighted by atomic mass is 16.5. The van der Waals surface area contributed by atoms with E-state index in [9.17, 15) is 0 Å². The molecule has 0 spiro atoms. The van der Waals surface area contributed by atoms with Crippen molar-refractivity contribution in [3.63, 3.8) is 0 Å². The Morgan fingerprint density at radius 3 is 1.95 bits per heavy atom. The van der Waals surface area contributed by atoms with Gasteiger partial charge in [-0.2, -0.15) is 5.10 Å². The van der Waals surface area contributed by atoms with E-state index in [2.05, 4.69) is 23.2 Å². The van der Waals surface area contributed by atoms with Gasteiger partial charge in [-0.05, 0) is 47.5 Å². The summed E-state index contributed by atoms with van der Waals surface area (Å²) in [6.45, 7) is 0.463. The zero-order valence-electron chi connectivity index (χ0n) is 22.6. The lowest BCUT2D eigenvalue weighted by molar-refractivity contribution is 0.284. The maximum absolute atomic E-state index is 6.10. The second-order valence-electron chi connectivity index (χ2n) is 9.05. The molecular weight excluding hydrogens is 492 g/mol. The van der Waals surface area contributed by atoms with E-state index in [0.717, 1.165) is 28.1 Å². The molecule has 39 heavy (non-hydrogen) atoms. The van der Waals surface area contributed by atoms with E-state index in [1.807, 2.05) is 72.8 Å². The molecule has 0 aliphatic carbocycles. The van der Waals surface area contributed by atoms with E-state index in [4.69, 9.17) is 28.8 Å². The average molecular weight is 525 g/mol. The van der Waals surface area contributed by atoms with Gasteiger partial charge in [0.15, 0.2) is 23.0 Å². The van der Waals surface area contributed by atoms with Crippen LogP contribution in [0.4, 0.5) is 5.69 Å². The molecule has 1 heterocycles. The van der Waals surface area contributed by atoms with Crippen LogP contribution in [0, 0.1) is 0 Å². The van der Waals surface area contributed by atoms with Crippen LogP contribution in [-0.2, 0) is 6.61 Å². The first-order chi connectivity index (χ1) is 19.1. The summed E-state index contributed by atoms with van der Waals surface area (Å²) in [6, 6.07) is 30.1. The number of anilines is 1. The Labute approximate surface area is 229 Å². The number of methoxy groups -OCH3 is 4. The Hall–Kier alpha value is -4.65. The third-order valence-corrected chi connectivity index (χ3v) is 6.74. The van der Waals surface area contributed by atoms with E-state index in [1.165, 1.54) is 0 Å². The first kappa shape index (κ1) is 26.0. The Balaban J connectivity index is 1.48. The van der Waals surface area contributed by atoms with E-state index < -0.39 is 0 Å². The lowest BCUT2D eigenvalue weighted by Crippen LogP contribution is -2.18. The highest BCUT2D eigenvalue weighted by Gasteiger charge is 2.31. The molecule has 0 saturated heterocycles. The Bertz CT molecular complexity index is 1410. The molecule has 5 rings (SSSR count). The van der Waals surface area contributed by atoms with Crippen molar-refractivity contribution < 1.29 is 23.7 Å². The summed E-state index contributed by atoms with van der Waals surface area (Å²) in [6.07, 6.45) is 0.668. The molecule has 0 aromatic heterocycles. The lowest BCUT2D eigenvalue weighted by Gasteiger charge is -2.24. The van der Waals surface area contributed by atoms with Crippen LogP contribution in [0.25, 0.3) is 0 Å². The number of ether oxygens (including phenoxy) is 5. The van der Waals surface area contributed by atoms with Crippen LogP contribution in [-0.4, -0.2) is 34.2 Å². The molecule has 4 aromatic carbocycles.